The van der Waals surface area contributed by atoms with E-state index in [9.17, 15) is 0 Å². The normalized spacial score (nSPS) is 21.2. The molecule has 0 atom stereocenters. The van der Waals surface area contributed by atoms with E-state index < -0.39 is 0 Å². The summed E-state index contributed by atoms with van der Waals surface area (Å²) in [6.45, 7) is 3.80. The van der Waals surface area contributed by atoms with Crippen LogP contribution < -0.4 is 5.73 Å². The lowest BCUT2D eigenvalue weighted by atomic mass is 9.93. The third-order valence-corrected chi connectivity index (χ3v) is 3.93. The lowest BCUT2D eigenvalue weighted by Crippen LogP contribution is -2.44. The number of hydrogen-bond acceptors (Lipinski definition) is 3. The summed E-state index contributed by atoms with van der Waals surface area (Å²) in [4.78, 5) is 0. The summed E-state index contributed by atoms with van der Waals surface area (Å²) in [6, 6.07) is 0. The summed E-state index contributed by atoms with van der Waals surface area (Å²) in [5.74, 6) is 2.28. The fourth-order valence-electron chi connectivity index (χ4n) is 2.11. The smallest absolute Gasteiger partial charge is 0.0646 e. The molecule has 90 valence electrons. The van der Waals surface area contributed by atoms with Gasteiger partial charge in [-0.15, -0.1) is 0 Å². The molecule has 0 amide bonds. The van der Waals surface area contributed by atoms with Crippen molar-refractivity contribution in [2.45, 2.75) is 51.0 Å². The van der Waals surface area contributed by atoms with E-state index in [0.29, 0.717) is 0 Å². The van der Waals surface area contributed by atoms with Gasteiger partial charge in [-0.3, -0.25) is 0 Å². The Bertz CT molecular complexity index is 156. The molecule has 0 spiro atoms. The zero-order valence-electron chi connectivity index (χ0n) is 9.96. The van der Waals surface area contributed by atoms with Crippen molar-refractivity contribution in [3.05, 3.63) is 0 Å². The maximum Gasteiger partial charge on any atom is 0.0646 e. The Hall–Kier alpha value is 0.270. The lowest BCUT2D eigenvalue weighted by Gasteiger charge is -2.27. The van der Waals surface area contributed by atoms with Crippen LogP contribution in [0.2, 0.25) is 0 Å². The van der Waals surface area contributed by atoms with Crippen molar-refractivity contribution in [1.82, 2.24) is 0 Å². The van der Waals surface area contributed by atoms with E-state index >= 15 is 0 Å². The summed E-state index contributed by atoms with van der Waals surface area (Å²) >= 11 is 1.93. The third kappa shape index (κ3) is 5.79. The minimum atomic E-state index is -0.0205. The predicted molar refractivity (Wildman–Crippen MR) is 68.4 cm³/mol. The zero-order valence-corrected chi connectivity index (χ0v) is 10.8. The van der Waals surface area contributed by atoms with Crippen LogP contribution in [0.1, 0.15) is 45.4 Å². The summed E-state index contributed by atoms with van der Waals surface area (Å²) in [7, 11) is 0. The average Bonchev–Trinajstić information content (AvgIpc) is 2.43. The Morgan fingerprint density at radius 1 is 1.20 bits per heavy atom. The number of thioether (sulfide) groups is 1. The Labute approximate surface area is 98.3 Å². The lowest BCUT2D eigenvalue weighted by molar-refractivity contribution is 0.0889. The van der Waals surface area contributed by atoms with E-state index in [0.717, 1.165) is 31.8 Å². The largest absolute Gasteiger partial charge is 0.379 e. The summed E-state index contributed by atoms with van der Waals surface area (Å²) in [6.07, 6.45) is 7.56. The molecule has 1 aliphatic rings. The second kappa shape index (κ2) is 7.53. The molecule has 0 unspecified atom stereocenters. The number of rotatable bonds is 6. The van der Waals surface area contributed by atoms with E-state index in [4.69, 9.17) is 10.5 Å². The molecule has 1 rings (SSSR count). The molecule has 0 aliphatic heterocycles. The third-order valence-electron chi connectivity index (χ3n) is 3.06. The first-order valence-corrected chi connectivity index (χ1v) is 7.37. The Morgan fingerprint density at radius 3 is 2.47 bits per heavy atom. The van der Waals surface area contributed by atoms with Crippen molar-refractivity contribution >= 4 is 11.8 Å². The first-order chi connectivity index (χ1) is 7.27. The average molecular weight is 231 g/mol. The molecule has 1 saturated carbocycles. The molecule has 0 aromatic rings. The predicted octanol–water partition coefficient (Wildman–Crippen LogP) is 2.81. The first kappa shape index (κ1) is 13.3. The molecule has 2 nitrogen and oxygen atoms in total. The SMILES string of the molecule is CCSCCOCC1(N)CCCCCC1. The zero-order chi connectivity index (χ0) is 11.0. The fraction of sp³-hybridized carbons (Fsp3) is 1.00. The minimum absolute atomic E-state index is 0.0205. The fourth-order valence-corrected chi connectivity index (χ4v) is 2.64. The molecule has 0 bridgehead atoms. The van der Waals surface area contributed by atoms with Crippen LogP contribution in [0.4, 0.5) is 0 Å². The van der Waals surface area contributed by atoms with Gasteiger partial charge in [0.05, 0.1) is 13.2 Å². The molecule has 15 heavy (non-hydrogen) atoms. The molecule has 1 aliphatic carbocycles. The molecule has 0 radical (unpaired) electrons. The van der Waals surface area contributed by atoms with Gasteiger partial charge in [-0.25, -0.2) is 0 Å². The van der Waals surface area contributed by atoms with Gasteiger partial charge in [0, 0.05) is 11.3 Å². The van der Waals surface area contributed by atoms with Crippen LogP contribution in [0.3, 0.4) is 0 Å². The topological polar surface area (TPSA) is 35.2 Å². The van der Waals surface area contributed by atoms with Gasteiger partial charge in [-0.1, -0.05) is 32.6 Å². The Kier molecular flexibility index (Phi) is 6.69. The van der Waals surface area contributed by atoms with Crippen molar-refractivity contribution in [1.29, 1.82) is 0 Å². The van der Waals surface area contributed by atoms with Gasteiger partial charge in [-0.05, 0) is 18.6 Å². The first-order valence-electron chi connectivity index (χ1n) is 6.21. The van der Waals surface area contributed by atoms with Crippen LogP contribution in [-0.2, 0) is 4.74 Å². The second-order valence-corrected chi connectivity index (χ2v) is 5.92. The maximum absolute atomic E-state index is 6.34. The highest BCUT2D eigenvalue weighted by molar-refractivity contribution is 7.99. The standard InChI is InChI=1S/C12H25NOS/c1-2-15-10-9-14-11-12(13)7-5-3-4-6-8-12/h2-11,13H2,1H3. The Balaban J connectivity index is 2.11. The quantitative estimate of drug-likeness (QED) is 0.564. The summed E-state index contributed by atoms with van der Waals surface area (Å²) < 4.78 is 5.69. The number of ether oxygens (including phenoxy) is 1. The minimum Gasteiger partial charge on any atom is -0.379 e. The van der Waals surface area contributed by atoms with E-state index in [1.165, 1.54) is 31.4 Å². The molecule has 0 aromatic carbocycles. The van der Waals surface area contributed by atoms with Crippen LogP contribution in [0, 0.1) is 0 Å². The molecular weight excluding hydrogens is 206 g/mol. The van der Waals surface area contributed by atoms with Crippen LogP contribution >= 0.6 is 11.8 Å². The van der Waals surface area contributed by atoms with Gasteiger partial charge in [0.25, 0.3) is 0 Å². The van der Waals surface area contributed by atoms with Crippen LogP contribution in [0.25, 0.3) is 0 Å². The Morgan fingerprint density at radius 2 is 1.87 bits per heavy atom. The molecule has 0 heterocycles. The van der Waals surface area contributed by atoms with E-state index in [2.05, 4.69) is 6.92 Å². The van der Waals surface area contributed by atoms with Gasteiger partial charge in [-0.2, -0.15) is 11.8 Å². The molecule has 3 heteroatoms. The molecular formula is C12H25NOS. The van der Waals surface area contributed by atoms with Crippen LogP contribution in [-0.4, -0.2) is 30.3 Å². The van der Waals surface area contributed by atoms with E-state index in [1.807, 2.05) is 11.8 Å². The van der Waals surface area contributed by atoms with Crippen molar-refractivity contribution < 1.29 is 4.74 Å². The van der Waals surface area contributed by atoms with Crippen molar-refractivity contribution in [3.63, 3.8) is 0 Å². The van der Waals surface area contributed by atoms with E-state index in [1.54, 1.807) is 0 Å². The molecule has 2 N–H and O–H groups in total. The van der Waals surface area contributed by atoms with Crippen LogP contribution in [0.15, 0.2) is 0 Å². The maximum atomic E-state index is 6.34. The highest BCUT2D eigenvalue weighted by atomic mass is 32.2. The van der Waals surface area contributed by atoms with Gasteiger partial charge >= 0.3 is 0 Å². The monoisotopic (exact) mass is 231 g/mol. The van der Waals surface area contributed by atoms with Crippen molar-refractivity contribution in [2.24, 2.45) is 5.73 Å². The van der Waals surface area contributed by atoms with Gasteiger partial charge in [0.2, 0.25) is 0 Å². The van der Waals surface area contributed by atoms with E-state index in [-0.39, 0.29) is 5.54 Å². The van der Waals surface area contributed by atoms with Gasteiger partial charge in [0.15, 0.2) is 0 Å². The number of nitrogens with two attached hydrogens (primary N) is 1. The second-order valence-electron chi connectivity index (χ2n) is 4.53. The molecule has 0 aromatic heterocycles. The molecule has 0 saturated heterocycles. The van der Waals surface area contributed by atoms with Gasteiger partial charge < -0.3 is 10.5 Å². The van der Waals surface area contributed by atoms with Crippen LogP contribution in [0.5, 0.6) is 0 Å². The van der Waals surface area contributed by atoms with Gasteiger partial charge in [0.1, 0.15) is 0 Å². The summed E-state index contributed by atoms with van der Waals surface area (Å²) in [5.41, 5.74) is 6.32. The van der Waals surface area contributed by atoms with Crippen molar-refractivity contribution in [3.8, 4) is 0 Å². The highest BCUT2D eigenvalue weighted by Gasteiger charge is 2.26. The van der Waals surface area contributed by atoms with Crippen molar-refractivity contribution in [2.75, 3.05) is 24.7 Å². The molecule has 1 fully saturated rings. The highest BCUT2D eigenvalue weighted by Crippen LogP contribution is 2.25. The summed E-state index contributed by atoms with van der Waals surface area (Å²) in [5, 5.41) is 0. The number of hydrogen-bond donors (Lipinski definition) is 1.